The van der Waals surface area contributed by atoms with Crippen LogP contribution < -0.4 is 0 Å². The lowest BCUT2D eigenvalue weighted by atomic mass is 9.99. The first-order valence-corrected chi connectivity index (χ1v) is 18.0. The number of hydrogen-bond acceptors (Lipinski definition) is 6. The Bertz CT molecular complexity index is 2730. The molecule has 0 spiro atoms. The predicted octanol–water partition coefficient (Wildman–Crippen LogP) is 12.1. The average Bonchev–Trinajstić information content (AvgIpc) is 4.07. The fourth-order valence-electron chi connectivity index (χ4n) is 6.93. The van der Waals surface area contributed by atoms with Gasteiger partial charge in [-0.15, -0.1) is 0 Å². The van der Waals surface area contributed by atoms with Crippen LogP contribution in [0.1, 0.15) is 54.6 Å². The molecule has 2 N–H and O–H groups in total. The fraction of sp³-hybridized carbons (Fsp3) is 0.190. The van der Waals surface area contributed by atoms with Gasteiger partial charge in [0.15, 0.2) is 0 Å². The molecule has 5 heterocycles. The van der Waals surface area contributed by atoms with Gasteiger partial charge in [-0.25, -0.2) is 19.6 Å². The first-order chi connectivity index (χ1) is 29.8. The predicted molar refractivity (Wildman–Crippen MR) is 202 cm³/mol. The van der Waals surface area contributed by atoms with Gasteiger partial charge < -0.3 is 19.4 Å². The Morgan fingerprint density at radius 3 is 1.03 bits per heavy atom. The van der Waals surface area contributed by atoms with E-state index in [2.05, 4.69) is 29.4 Å². The van der Waals surface area contributed by atoms with Crippen molar-refractivity contribution in [2.45, 2.75) is 36.0 Å². The summed E-state index contributed by atoms with van der Waals surface area (Å²) in [7, 11) is 2.06. The standard InChI is InChI=1S/C42H24F14N4O4/c1-63-35(61)21-7-3-19(4-8-21)31-23-11-15-27(57-23)33(37(43,44)39(47,48)41(51,52)53)29-17-13-25(59-29)32(20-5-9-22(10-6-20)36(62)64-2)26-14-18-30(60-26)34(28-16-12-24(31)58-28)38(45,46)40(49,50)42(54,55)56/h3-18,57,60H,1-2H3. The number of H-pyrrole nitrogens is 2. The number of alkyl halides is 14. The average molecular weight is 915 g/mol. The number of aromatic amines is 2. The number of esters is 2. The Kier molecular flexibility index (Phi) is 10.8. The number of carbonyl (C=O) groups excluding carboxylic acids is 2. The minimum Gasteiger partial charge on any atom is -0.465 e. The van der Waals surface area contributed by atoms with E-state index in [0.717, 1.165) is 87.0 Å². The van der Waals surface area contributed by atoms with Crippen LogP contribution in [0.15, 0.2) is 72.8 Å². The van der Waals surface area contributed by atoms with E-state index in [-0.39, 0.29) is 22.3 Å². The van der Waals surface area contributed by atoms with E-state index in [4.69, 9.17) is 0 Å². The molecule has 2 aromatic carbocycles. The molecule has 0 saturated heterocycles. The molecule has 0 fully saturated rings. The van der Waals surface area contributed by atoms with E-state index >= 15 is 35.1 Å². The second kappa shape index (κ2) is 15.4. The lowest BCUT2D eigenvalue weighted by Crippen LogP contribution is -2.50. The highest BCUT2D eigenvalue weighted by atomic mass is 19.4. The van der Waals surface area contributed by atoms with Crippen LogP contribution in [0.25, 0.3) is 68.6 Å². The Morgan fingerprint density at radius 2 is 0.734 bits per heavy atom. The molecular formula is C42H24F14N4O4. The number of nitrogens with one attached hydrogen (secondary N) is 2. The monoisotopic (exact) mass is 914 g/mol. The molecule has 0 atom stereocenters. The summed E-state index contributed by atoms with van der Waals surface area (Å²) in [4.78, 5) is 36.9. The van der Waals surface area contributed by atoms with Gasteiger partial charge in [0.2, 0.25) is 0 Å². The maximum Gasteiger partial charge on any atom is 0.460 e. The van der Waals surface area contributed by atoms with E-state index in [1.807, 2.05) is 0 Å². The summed E-state index contributed by atoms with van der Waals surface area (Å²) in [5.41, 5.74) is -12.0. The molecule has 5 aromatic rings. The number of hydrogen-bond donors (Lipinski definition) is 2. The number of carbonyl (C=O) groups is 2. The van der Waals surface area contributed by atoms with Crippen LogP contribution in [0, 0.1) is 0 Å². The first kappa shape index (κ1) is 45.0. The number of fused-ring (bicyclic) bond motifs is 8. The normalized spacial score (nSPS) is 13.6. The largest absolute Gasteiger partial charge is 0.465 e. The van der Waals surface area contributed by atoms with Crippen molar-refractivity contribution >= 4 is 58.3 Å². The second-order valence-electron chi connectivity index (χ2n) is 13.9. The van der Waals surface area contributed by atoms with E-state index in [9.17, 15) is 35.9 Å². The Hall–Kier alpha value is -7.00. The van der Waals surface area contributed by atoms with Crippen molar-refractivity contribution in [2.24, 2.45) is 0 Å². The van der Waals surface area contributed by atoms with Crippen LogP contribution in [-0.2, 0) is 21.3 Å². The quantitative estimate of drug-likeness (QED) is 0.116. The van der Waals surface area contributed by atoms with Crippen molar-refractivity contribution in [1.82, 2.24) is 19.9 Å². The van der Waals surface area contributed by atoms with Crippen LogP contribution in [-0.4, -0.2) is 70.3 Å². The second-order valence-corrected chi connectivity index (χ2v) is 13.9. The zero-order valence-corrected chi connectivity index (χ0v) is 32.1. The van der Waals surface area contributed by atoms with Crippen LogP contribution in [0.5, 0.6) is 0 Å². The molecule has 8 nitrogen and oxygen atoms in total. The summed E-state index contributed by atoms with van der Waals surface area (Å²) in [6.07, 6.45) is -10.8. The molecular weight excluding hydrogens is 890 g/mol. The number of nitrogens with zero attached hydrogens (tertiary/aromatic N) is 2. The van der Waals surface area contributed by atoms with Gasteiger partial charge in [0.25, 0.3) is 0 Å². The maximum absolute atomic E-state index is 16.1. The smallest absolute Gasteiger partial charge is 0.460 e. The molecule has 3 aromatic heterocycles. The van der Waals surface area contributed by atoms with E-state index in [1.54, 1.807) is 0 Å². The van der Waals surface area contributed by atoms with Crippen LogP contribution in [0.3, 0.4) is 0 Å². The molecule has 0 radical (unpaired) electrons. The third-order valence-corrected chi connectivity index (χ3v) is 10.1. The van der Waals surface area contributed by atoms with Crippen molar-refractivity contribution in [1.29, 1.82) is 0 Å². The van der Waals surface area contributed by atoms with Crippen LogP contribution in [0.4, 0.5) is 61.5 Å². The lowest BCUT2D eigenvalue weighted by Gasteiger charge is -2.28. The van der Waals surface area contributed by atoms with E-state index in [0.29, 0.717) is 24.3 Å². The van der Waals surface area contributed by atoms with Gasteiger partial charge in [-0.1, -0.05) is 24.3 Å². The molecule has 64 heavy (non-hydrogen) atoms. The maximum atomic E-state index is 16.1. The van der Waals surface area contributed by atoms with Crippen molar-refractivity contribution in [2.75, 3.05) is 14.2 Å². The van der Waals surface area contributed by atoms with E-state index < -0.39 is 115 Å². The van der Waals surface area contributed by atoms with Gasteiger partial charge in [-0.2, -0.15) is 61.5 Å². The summed E-state index contributed by atoms with van der Waals surface area (Å²) >= 11 is 0. The van der Waals surface area contributed by atoms with Gasteiger partial charge in [0.05, 0.1) is 70.3 Å². The van der Waals surface area contributed by atoms with Crippen LogP contribution >= 0.6 is 0 Å². The van der Waals surface area contributed by atoms with Crippen molar-refractivity contribution in [3.63, 3.8) is 0 Å². The lowest BCUT2D eigenvalue weighted by molar-refractivity contribution is -0.359. The fourth-order valence-corrected chi connectivity index (χ4v) is 6.93. The molecule has 334 valence electrons. The van der Waals surface area contributed by atoms with Crippen molar-refractivity contribution in [3.8, 4) is 22.3 Å². The Morgan fingerprint density at radius 1 is 0.438 bits per heavy atom. The summed E-state index contributed by atoms with van der Waals surface area (Å²) in [5, 5.41) is 0. The SMILES string of the molecule is COC(=O)c1ccc(-c2c3nc(c(C(F)(F)C(F)(F)C(F)(F)F)c4ccc([nH]4)c(-c4ccc(C(=O)OC)cc4)c4nc(c(C(F)(F)C(F)(F)C(F)(F)F)c5ccc2[nH]5)C=C4)C=C3)cc1. The van der Waals surface area contributed by atoms with Crippen LogP contribution in [0.2, 0.25) is 0 Å². The third-order valence-electron chi connectivity index (χ3n) is 10.1. The number of benzene rings is 2. The molecule has 0 saturated carbocycles. The molecule has 0 amide bonds. The van der Waals surface area contributed by atoms with Gasteiger partial charge >= 0.3 is 48.0 Å². The highest BCUT2D eigenvalue weighted by Gasteiger charge is 2.75. The zero-order valence-electron chi connectivity index (χ0n) is 32.1. The Labute approximate surface area is 348 Å². The van der Waals surface area contributed by atoms with Gasteiger partial charge in [-0.3, -0.25) is 0 Å². The summed E-state index contributed by atoms with van der Waals surface area (Å²) in [6.45, 7) is 0. The molecule has 2 aliphatic heterocycles. The topological polar surface area (TPSA) is 110 Å². The minimum absolute atomic E-state index is 0.103. The molecule has 2 aliphatic rings. The van der Waals surface area contributed by atoms with E-state index in [1.165, 1.54) is 0 Å². The zero-order chi connectivity index (χ0) is 46.9. The van der Waals surface area contributed by atoms with Gasteiger partial charge in [-0.05, 0) is 84.0 Å². The third kappa shape index (κ3) is 7.22. The number of ether oxygens (including phenoxy) is 2. The number of rotatable bonds is 8. The van der Waals surface area contributed by atoms with Gasteiger partial charge in [0, 0.05) is 22.2 Å². The molecule has 0 unspecified atom stereocenters. The first-order valence-electron chi connectivity index (χ1n) is 18.0. The Balaban J connectivity index is 1.71. The molecule has 0 aliphatic carbocycles. The number of halogens is 14. The van der Waals surface area contributed by atoms with Gasteiger partial charge in [0.1, 0.15) is 0 Å². The molecule has 7 rings (SSSR count). The summed E-state index contributed by atoms with van der Waals surface area (Å²) in [6, 6.07) is 12.1. The summed E-state index contributed by atoms with van der Waals surface area (Å²) < 4.78 is 217. The summed E-state index contributed by atoms with van der Waals surface area (Å²) in [5.74, 6) is -27.5. The molecule has 8 bridgehead atoms. The minimum atomic E-state index is -6.85. The number of aromatic nitrogens is 4. The van der Waals surface area contributed by atoms with Crippen molar-refractivity contribution in [3.05, 3.63) is 118 Å². The highest BCUT2D eigenvalue weighted by molar-refractivity contribution is 5.96. The number of methoxy groups -OCH3 is 2. The molecule has 22 heteroatoms. The van der Waals surface area contributed by atoms with Crippen molar-refractivity contribution < 1.29 is 80.5 Å². The highest BCUT2D eigenvalue weighted by Crippen LogP contribution is 2.55.